The highest BCUT2D eigenvalue weighted by atomic mass is 16.5. The van der Waals surface area contributed by atoms with E-state index < -0.39 is 0 Å². The van der Waals surface area contributed by atoms with E-state index in [9.17, 15) is 4.79 Å². The number of nitrogens with two attached hydrogens (primary N) is 1. The summed E-state index contributed by atoms with van der Waals surface area (Å²) < 4.78 is 5.58. The van der Waals surface area contributed by atoms with Crippen molar-refractivity contribution in [2.24, 2.45) is 11.7 Å². The Balaban J connectivity index is 2.57. The zero-order valence-corrected chi connectivity index (χ0v) is 12.2. The minimum absolute atomic E-state index is 0.0952. The molecule has 2 unspecified atom stereocenters. The van der Waals surface area contributed by atoms with Gasteiger partial charge in [-0.05, 0) is 53.0 Å². The van der Waals surface area contributed by atoms with Gasteiger partial charge in [-0.3, -0.25) is 4.79 Å². The van der Waals surface area contributed by atoms with Gasteiger partial charge in [0.05, 0.1) is 5.60 Å². The molecule has 2 N–H and O–H groups in total. The fourth-order valence-electron chi connectivity index (χ4n) is 2.66. The second-order valence-electron chi connectivity index (χ2n) is 6.07. The standard InChI is InChI=1S/C14H28N2O2/c1-5-16(12-8-6-7-11(12)9-15)13(17)10-18-14(2,3)4/h11-12H,5-10,15H2,1-4H3. The topological polar surface area (TPSA) is 55.6 Å². The van der Waals surface area contributed by atoms with Crippen LogP contribution in [0.15, 0.2) is 0 Å². The van der Waals surface area contributed by atoms with Crippen LogP contribution in [-0.2, 0) is 9.53 Å². The second kappa shape index (κ2) is 6.53. The van der Waals surface area contributed by atoms with Crippen molar-refractivity contribution >= 4 is 5.91 Å². The average Bonchev–Trinajstić information content (AvgIpc) is 2.74. The van der Waals surface area contributed by atoms with Crippen molar-refractivity contribution in [3.8, 4) is 0 Å². The van der Waals surface area contributed by atoms with Crippen molar-refractivity contribution in [1.29, 1.82) is 0 Å². The Morgan fingerprint density at radius 2 is 2.06 bits per heavy atom. The molecule has 0 aromatic carbocycles. The molecule has 0 bridgehead atoms. The molecular weight excluding hydrogens is 228 g/mol. The molecule has 4 nitrogen and oxygen atoms in total. The highest BCUT2D eigenvalue weighted by Gasteiger charge is 2.33. The molecule has 18 heavy (non-hydrogen) atoms. The van der Waals surface area contributed by atoms with Crippen LogP contribution in [0.1, 0.15) is 47.0 Å². The zero-order valence-electron chi connectivity index (χ0n) is 12.2. The first-order valence-electron chi connectivity index (χ1n) is 7.02. The van der Waals surface area contributed by atoms with Crippen molar-refractivity contribution in [2.75, 3.05) is 19.7 Å². The van der Waals surface area contributed by atoms with Gasteiger partial charge in [0.25, 0.3) is 0 Å². The number of amides is 1. The summed E-state index contributed by atoms with van der Waals surface area (Å²) in [5.74, 6) is 0.557. The Morgan fingerprint density at radius 3 is 2.56 bits per heavy atom. The van der Waals surface area contributed by atoms with E-state index in [1.807, 2.05) is 32.6 Å². The van der Waals surface area contributed by atoms with Gasteiger partial charge in [-0.2, -0.15) is 0 Å². The third kappa shape index (κ3) is 4.25. The van der Waals surface area contributed by atoms with Crippen LogP contribution in [-0.4, -0.2) is 42.1 Å². The second-order valence-corrected chi connectivity index (χ2v) is 6.07. The van der Waals surface area contributed by atoms with E-state index in [4.69, 9.17) is 10.5 Å². The molecule has 1 saturated carbocycles. The smallest absolute Gasteiger partial charge is 0.248 e. The molecule has 1 rings (SSSR count). The van der Waals surface area contributed by atoms with Crippen LogP contribution in [0.5, 0.6) is 0 Å². The first-order valence-corrected chi connectivity index (χ1v) is 7.02. The summed E-state index contributed by atoms with van der Waals surface area (Å²) in [4.78, 5) is 14.2. The van der Waals surface area contributed by atoms with Crippen LogP contribution < -0.4 is 5.73 Å². The van der Waals surface area contributed by atoms with Crippen LogP contribution in [0.3, 0.4) is 0 Å². The lowest BCUT2D eigenvalue weighted by Crippen LogP contribution is -2.46. The highest BCUT2D eigenvalue weighted by molar-refractivity contribution is 5.77. The van der Waals surface area contributed by atoms with Gasteiger partial charge in [-0.25, -0.2) is 0 Å². The zero-order chi connectivity index (χ0) is 13.8. The van der Waals surface area contributed by atoms with Crippen molar-refractivity contribution in [1.82, 2.24) is 4.90 Å². The van der Waals surface area contributed by atoms with Crippen LogP contribution in [0.4, 0.5) is 0 Å². The number of carbonyl (C=O) groups excluding carboxylic acids is 1. The molecule has 106 valence electrons. The lowest BCUT2D eigenvalue weighted by molar-refractivity contribution is -0.143. The quantitative estimate of drug-likeness (QED) is 0.815. The maximum Gasteiger partial charge on any atom is 0.248 e. The molecule has 1 aliphatic carbocycles. The third-order valence-corrected chi connectivity index (χ3v) is 3.61. The van der Waals surface area contributed by atoms with Crippen molar-refractivity contribution in [3.63, 3.8) is 0 Å². The van der Waals surface area contributed by atoms with Crippen molar-refractivity contribution in [3.05, 3.63) is 0 Å². The average molecular weight is 256 g/mol. The first-order chi connectivity index (χ1) is 8.39. The Morgan fingerprint density at radius 1 is 1.39 bits per heavy atom. The summed E-state index contributed by atoms with van der Waals surface area (Å²) in [7, 11) is 0. The normalized spacial score (nSPS) is 24.3. The number of likely N-dealkylation sites (N-methyl/N-ethyl adjacent to an activating group) is 1. The number of carbonyl (C=O) groups is 1. The predicted molar refractivity (Wildman–Crippen MR) is 73.3 cm³/mol. The third-order valence-electron chi connectivity index (χ3n) is 3.61. The largest absolute Gasteiger partial charge is 0.366 e. The highest BCUT2D eigenvalue weighted by Crippen LogP contribution is 2.29. The van der Waals surface area contributed by atoms with E-state index in [0.717, 1.165) is 19.4 Å². The molecule has 0 aromatic heterocycles. The Kier molecular flexibility index (Phi) is 5.60. The van der Waals surface area contributed by atoms with E-state index in [-0.39, 0.29) is 18.1 Å². The number of rotatable bonds is 5. The summed E-state index contributed by atoms with van der Waals surface area (Å²) in [6.45, 7) is 9.52. The van der Waals surface area contributed by atoms with Gasteiger partial charge in [-0.15, -0.1) is 0 Å². The van der Waals surface area contributed by atoms with E-state index in [1.165, 1.54) is 6.42 Å². The van der Waals surface area contributed by atoms with Crippen LogP contribution >= 0.6 is 0 Å². The van der Waals surface area contributed by atoms with Gasteiger partial charge in [0.15, 0.2) is 0 Å². The molecule has 0 heterocycles. The van der Waals surface area contributed by atoms with Crippen molar-refractivity contribution < 1.29 is 9.53 Å². The fraction of sp³-hybridized carbons (Fsp3) is 0.929. The molecule has 1 amide bonds. The molecule has 0 aromatic rings. The van der Waals surface area contributed by atoms with Gasteiger partial charge in [0, 0.05) is 12.6 Å². The number of nitrogens with zero attached hydrogens (tertiary/aromatic N) is 1. The summed E-state index contributed by atoms with van der Waals surface area (Å²) in [5, 5.41) is 0. The first kappa shape index (κ1) is 15.4. The maximum atomic E-state index is 12.2. The lowest BCUT2D eigenvalue weighted by atomic mass is 10.0. The summed E-state index contributed by atoms with van der Waals surface area (Å²) in [6.07, 6.45) is 3.40. The molecule has 0 radical (unpaired) electrons. The molecule has 1 aliphatic rings. The molecule has 0 saturated heterocycles. The molecule has 4 heteroatoms. The van der Waals surface area contributed by atoms with E-state index in [2.05, 4.69) is 0 Å². The molecule has 2 atom stereocenters. The van der Waals surface area contributed by atoms with E-state index >= 15 is 0 Å². The fourth-order valence-corrected chi connectivity index (χ4v) is 2.66. The Labute approximate surface area is 111 Å². The van der Waals surface area contributed by atoms with E-state index in [1.54, 1.807) is 0 Å². The Hall–Kier alpha value is -0.610. The minimum Gasteiger partial charge on any atom is -0.366 e. The van der Waals surface area contributed by atoms with Crippen LogP contribution in [0, 0.1) is 5.92 Å². The van der Waals surface area contributed by atoms with Crippen molar-refractivity contribution in [2.45, 2.75) is 58.6 Å². The molecule has 0 spiro atoms. The van der Waals surface area contributed by atoms with Gasteiger partial charge >= 0.3 is 0 Å². The number of hydrogen-bond donors (Lipinski definition) is 1. The minimum atomic E-state index is -0.266. The van der Waals surface area contributed by atoms with Gasteiger partial charge < -0.3 is 15.4 Å². The lowest BCUT2D eigenvalue weighted by Gasteiger charge is -2.32. The maximum absolute atomic E-state index is 12.2. The van der Waals surface area contributed by atoms with Gasteiger partial charge in [0.1, 0.15) is 6.61 Å². The SMILES string of the molecule is CCN(C(=O)COC(C)(C)C)C1CCCC1CN. The molecule has 1 fully saturated rings. The number of hydrogen-bond acceptors (Lipinski definition) is 3. The predicted octanol–water partition coefficient (Wildman–Crippen LogP) is 1.78. The summed E-state index contributed by atoms with van der Waals surface area (Å²) >= 11 is 0. The summed E-state index contributed by atoms with van der Waals surface area (Å²) in [6, 6.07) is 0.316. The van der Waals surface area contributed by atoms with Crippen LogP contribution in [0.25, 0.3) is 0 Å². The summed E-state index contributed by atoms with van der Waals surface area (Å²) in [5.41, 5.74) is 5.52. The molecular formula is C14H28N2O2. The Bertz CT molecular complexity index is 273. The number of ether oxygens (including phenoxy) is 1. The monoisotopic (exact) mass is 256 g/mol. The van der Waals surface area contributed by atoms with Gasteiger partial charge in [0.2, 0.25) is 5.91 Å². The van der Waals surface area contributed by atoms with Crippen LogP contribution in [0.2, 0.25) is 0 Å². The molecule has 0 aliphatic heterocycles. The van der Waals surface area contributed by atoms with E-state index in [0.29, 0.717) is 18.5 Å². The van der Waals surface area contributed by atoms with Gasteiger partial charge in [-0.1, -0.05) is 6.42 Å².